The molecule has 1 fully saturated rings. The maximum Gasteiger partial charge on any atom is 0.255 e. The van der Waals surface area contributed by atoms with E-state index in [1.807, 2.05) is 12.1 Å². The van der Waals surface area contributed by atoms with Gasteiger partial charge in [0.2, 0.25) is 10.0 Å². The topological polar surface area (TPSA) is 75.3 Å². The first kappa shape index (κ1) is 16.4. The summed E-state index contributed by atoms with van der Waals surface area (Å²) in [4.78, 5) is 12.4. The Morgan fingerprint density at radius 2 is 1.78 bits per heavy atom. The molecule has 1 amide bonds. The van der Waals surface area contributed by atoms with Gasteiger partial charge in [-0.1, -0.05) is 6.07 Å². The highest BCUT2D eigenvalue weighted by atomic mass is 127. The number of nitrogens with one attached hydrogen (secondary N) is 2. The van der Waals surface area contributed by atoms with Crippen LogP contribution in [0.3, 0.4) is 0 Å². The third-order valence-electron chi connectivity index (χ3n) is 3.41. The molecular formula is C16H15IN2O3S. The molecule has 0 radical (unpaired) electrons. The van der Waals surface area contributed by atoms with Gasteiger partial charge in [0.1, 0.15) is 0 Å². The molecular weight excluding hydrogens is 427 g/mol. The minimum absolute atomic E-state index is 0.0463. The molecule has 0 aliphatic heterocycles. The average molecular weight is 442 g/mol. The second kappa shape index (κ2) is 6.58. The normalized spacial score (nSPS) is 14.5. The molecule has 0 heterocycles. The second-order valence-corrected chi connectivity index (χ2v) is 8.34. The van der Waals surface area contributed by atoms with Crippen molar-refractivity contribution in [3.8, 4) is 0 Å². The van der Waals surface area contributed by atoms with E-state index in [1.165, 1.54) is 12.1 Å². The van der Waals surface area contributed by atoms with E-state index in [-0.39, 0.29) is 16.8 Å². The molecule has 23 heavy (non-hydrogen) atoms. The lowest BCUT2D eigenvalue weighted by Gasteiger charge is -2.09. The molecule has 2 N–H and O–H groups in total. The van der Waals surface area contributed by atoms with Crippen LogP contribution in [-0.2, 0) is 10.0 Å². The number of hydrogen-bond donors (Lipinski definition) is 2. The third-order valence-corrected chi connectivity index (χ3v) is 5.65. The van der Waals surface area contributed by atoms with Crippen LogP contribution in [0.1, 0.15) is 23.2 Å². The molecule has 1 aliphatic rings. The molecule has 2 aromatic carbocycles. The second-order valence-electron chi connectivity index (χ2n) is 5.38. The molecule has 0 aromatic heterocycles. The summed E-state index contributed by atoms with van der Waals surface area (Å²) < 4.78 is 28.1. The highest BCUT2D eigenvalue weighted by Crippen LogP contribution is 2.23. The quantitative estimate of drug-likeness (QED) is 0.700. The molecule has 120 valence electrons. The molecule has 0 saturated heterocycles. The van der Waals surface area contributed by atoms with E-state index in [4.69, 9.17) is 0 Å². The van der Waals surface area contributed by atoms with Crippen LogP contribution in [0.2, 0.25) is 0 Å². The Hall–Kier alpha value is -1.45. The van der Waals surface area contributed by atoms with Gasteiger partial charge in [0, 0.05) is 20.9 Å². The number of benzene rings is 2. The maximum absolute atomic E-state index is 12.2. The molecule has 1 aliphatic carbocycles. The summed E-state index contributed by atoms with van der Waals surface area (Å²) in [6, 6.07) is 13.5. The Labute approximate surface area is 148 Å². The zero-order valence-electron chi connectivity index (χ0n) is 12.1. The SMILES string of the molecule is O=C(Nc1cccc(S(=O)(=O)NC2CC2)c1)c1ccc(I)cc1. The van der Waals surface area contributed by atoms with Crippen LogP contribution in [0.4, 0.5) is 5.69 Å². The van der Waals surface area contributed by atoms with Crippen LogP contribution < -0.4 is 10.0 Å². The summed E-state index contributed by atoms with van der Waals surface area (Å²) in [6.07, 6.45) is 1.75. The van der Waals surface area contributed by atoms with E-state index in [1.54, 1.807) is 24.3 Å². The van der Waals surface area contributed by atoms with Gasteiger partial charge in [0.25, 0.3) is 5.91 Å². The lowest BCUT2D eigenvalue weighted by molar-refractivity contribution is 0.102. The lowest BCUT2D eigenvalue weighted by Crippen LogP contribution is -2.25. The zero-order valence-corrected chi connectivity index (χ0v) is 15.1. The highest BCUT2D eigenvalue weighted by molar-refractivity contribution is 14.1. The zero-order chi connectivity index (χ0) is 16.4. The van der Waals surface area contributed by atoms with Crippen molar-refractivity contribution in [2.75, 3.05) is 5.32 Å². The Morgan fingerprint density at radius 3 is 2.43 bits per heavy atom. The van der Waals surface area contributed by atoms with Crippen LogP contribution in [0.5, 0.6) is 0 Å². The smallest absolute Gasteiger partial charge is 0.255 e. The minimum atomic E-state index is -3.53. The molecule has 0 atom stereocenters. The largest absolute Gasteiger partial charge is 0.322 e. The minimum Gasteiger partial charge on any atom is -0.322 e. The van der Waals surface area contributed by atoms with Gasteiger partial charge in [-0.3, -0.25) is 4.79 Å². The van der Waals surface area contributed by atoms with Gasteiger partial charge in [-0.2, -0.15) is 0 Å². The standard InChI is InChI=1S/C16H15IN2O3S/c17-12-6-4-11(5-7-12)16(20)18-14-2-1-3-15(10-14)23(21,22)19-13-8-9-13/h1-7,10,13,19H,8-9H2,(H,18,20). The molecule has 0 unspecified atom stereocenters. The molecule has 7 heteroatoms. The Bertz CT molecular complexity index is 831. The van der Waals surface area contributed by atoms with Crippen molar-refractivity contribution in [1.82, 2.24) is 4.72 Å². The van der Waals surface area contributed by atoms with Crippen molar-refractivity contribution in [1.29, 1.82) is 0 Å². The van der Waals surface area contributed by atoms with Crippen molar-refractivity contribution in [2.45, 2.75) is 23.8 Å². The number of carbonyl (C=O) groups excluding carboxylic acids is 1. The van der Waals surface area contributed by atoms with Gasteiger partial charge in [-0.15, -0.1) is 0 Å². The summed E-state index contributed by atoms with van der Waals surface area (Å²) >= 11 is 2.17. The number of anilines is 1. The van der Waals surface area contributed by atoms with Crippen LogP contribution >= 0.6 is 22.6 Å². The van der Waals surface area contributed by atoms with E-state index in [0.717, 1.165) is 16.4 Å². The molecule has 0 bridgehead atoms. The number of halogens is 1. The third kappa shape index (κ3) is 4.30. The van der Waals surface area contributed by atoms with Crippen LogP contribution in [0, 0.1) is 3.57 Å². The fourth-order valence-electron chi connectivity index (χ4n) is 2.03. The van der Waals surface area contributed by atoms with E-state index < -0.39 is 10.0 Å². The van der Waals surface area contributed by atoms with Gasteiger partial charge in [-0.25, -0.2) is 13.1 Å². The summed E-state index contributed by atoms with van der Waals surface area (Å²) in [6.45, 7) is 0. The molecule has 2 aromatic rings. The van der Waals surface area contributed by atoms with Crippen molar-refractivity contribution in [3.63, 3.8) is 0 Å². The predicted octanol–water partition coefficient (Wildman–Crippen LogP) is 2.98. The number of amides is 1. The molecule has 0 spiro atoms. The highest BCUT2D eigenvalue weighted by Gasteiger charge is 2.28. The van der Waals surface area contributed by atoms with Gasteiger partial charge in [-0.05, 0) is 77.9 Å². The number of carbonyl (C=O) groups is 1. The summed E-state index contributed by atoms with van der Waals surface area (Å²) in [5.74, 6) is -0.272. The first-order valence-corrected chi connectivity index (χ1v) is 9.69. The predicted molar refractivity (Wildman–Crippen MR) is 96.9 cm³/mol. The fourth-order valence-corrected chi connectivity index (χ4v) is 3.74. The maximum atomic E-state index is 12.2. The van der Waals surface area contributed by atoms with Gasteiger partial charge < -0.3 is 5.32 Å². The Morgan fingerprint density at radius 1 is 1.09 bits per heavy atom. The average Bonchev–Trinajstić information content (AvgIpc) is 3.31. The summed E-state index contributed by atoms with van der Waals surface area (Å²) in [7, 11) is -3.53. The van der Waals surface area contributed by atoms with Crippen molar-refractivity contribution in [3.05, 3.63) is 57.7 Å². The van der Waals surface area contributed by atoms with Crippen molar-refractivity contribution < 1.29 is 13.2 Å². The van der Waals surface area contributed by atoms with Crippen molar-refractivity contribution >= 4 is 44.2 Å². The van der Waals surface area contributed by atoms with Crippen LogP contribution in [0.25, 0.3) is 0 Å². The molecule has 5 nitrogen and oxygen atoms in total. The van der Waals surface area contributed by atoms with E-state index >= 15 is 0 Å². The fraction of sp³-hybridized carbons (Fsp3) is 0.188. The van der Waals surface area contributed by atoms with Crippen LogP contribution in [-0.4, -0.2) is 20.4 Å². The van der Waals surface area contributed by atoms with Crippen molar-refractivity contribution in [2.24, 2.45) is 0 Å². The molecule has 3 rings (SSSR count). The molecule has 1 saturated carbocycles. The van der Waals surface area contributed by atoms with E-state index in [2.05, 4.69) is 32.6 Å². The first-order chi connectivity index (χ1) is 10.9. The summed E-state index contributed by atoms with van der Waals surface area (Å²) in [5, 5.41) is 2.73. The monoisotopic (exact) mass is 442 g/mol. The number of sulfonamides is 1. The Kier molecular flexibility index (Phi) is 4.69. The number of rotatable bonds is 5. The van der Waals surface area contributed by atoms with E-state index in [0.29, 0.717) is 11.3 Å². The van der Waals surface area contributed by atoms with Crippen LogP contribution in [0.15, 0.2) is 53.4 Å². The van der Waals surface area contributed by atoms with Gasteiger partial charge in [0.05, 0.1) is 4.90 Å². The lowest BCUT2D eigenvalue weighted by atomic mass is 10.2. The van der Waals surface area contributed by atoms with Gasteiger partial charge in [0.15, 0.2) is 0 Å². The first-order valence-electron chi connectivity index (χ1n) is 7.13. The van der Waals surface area contributed by atoms with Gasteiger partial charge >= 0.3 is 0 Å². The Balaban J connectivity index is 1.77. The number of hydrogen-bond acceptors (Lipinski definition) is 3. The summed E-state index contributed by atoms with van der Waals surface area (Å²) in [5.41, 5.74) is 0.974. The van der Waals surface area contributed by atoms with E-state index in [9.17, 15) is 13.2 Å².